The van der Waals surface area contributed by atoms with E-state index < -0.39 is 0 Å². The molecule has 0 saturated carbocycles. The SMILES string of the molecule is O=C(NCCCNc1ccc(Br)cn1)c1ccc(Br)cc1. The number of carbonyl (C=O) groups is 1. The summed E-state index contributed by atoms with van der Waals surface area (Å²) in [5.41, 5.74) is 0.667. The molecule has 21 heavy (non-hydrogen) atoms. The number of nitrogens with zero attached hydrogens (tertiary/aromatic N) is 1. The van der Waals surface area contributed by atoms with Crippen LogP contribution < -0.4 is 10.6 Å². The fourth-order valence-corrected chi connectivity index (χ4v) is 2.19. The van der Waals surface area contributed by atoms with E-state index in [0.29, 0.717) is 12.1 Å². The molecule has 0 unspecified atom stereocenters. The van der Waals surface area contributed by atoms with Crippen LogP contribution in [-0.4, -0.2) is 24.0 Å². The summed E-state index contributed by atoms with van der Waals surface area (Å²) in [7, 11) is 0. The fourth-order valence-electron chi connectivity index (χ4n) is 1.69. The monoisotopic (exact) mass is 411 g/mol. The summed E-state index contributed by atoms with van der Waals surface area (Å²) < 4.78 is 1.92. The van der Waals surface area contributed by atoms with Gasteiger partial charge in [0.15, 0.2) is 0 Å². The quantitative estimate of drug-likeness (QED) is 0.708. The second kappa shape index (κ2) is 8.14. The Kier molecular flexibility index (Phi) is 6.20. The molecule has 0 aliphatic rings. The van der Waals surface area contributed by atoms with Gasteiger partial charge in [0.05, 0.1) is 0 Å². The molecule has 1 aromatic heterocycles. The Balaban J connectivity index is 1.66. The summed E-state index contributed by atoms with van der Waals surface area (Å²) in [4.78, 5) is 16.1. The lowest BCUT2D eigenvalue weighted by atomic mass is 10.2. The van der Waals surface area contributed by atoms with Gasteiger partial charge in [-0.25, -0.2) is 4.98 Å². The maximum absolute atomic E-state index is 11.9. The highest BCUT2D eigenvalue weighted by atomic mass is 79.9. The number of halogens is 2. The zero-order chi connectivity index (χ0) is 15.1. The highest BCUT2D eigenvalue weighted by Gasteiger charge is 2.03. The number of hydrogen-bond acceptors (Lipinski definition) is 3. The average molecular weight is 413 g/mol. The van der Waals surface area contributed by atoms with Crippen LogP contribution in [0.2, 0.25) is 0 Å². The number of benzene rings is 1. The molecule has 0 radical (unpaired) electrons. The minimum absolute atomic E-state index is 0.0516. The second-order valence-electron chi connectivity index (χ2n) is 4.40. The lowest BCUT2D eigenvalue weighted by molar-refractivity contribution is 0.0953. The lowest BCUT2D eigenvalue weighted by Gasteiger charge is -2.07. The summed E-state index contributed by atoms with van der Waals surface area (Å²) in [6.07, 6.45) is 2.58. The van der Waals surface area contributed by atoms with Crippen LogP contribution in [0, 0.1) is 0 Å². The Hall–Kier alpha value is -1.40. The van der Waals surface area contributed by atoms with Gasteiger partial charge < -0.3 is 10.6 Å². The number of amides is 1. The van der Waals surface area contributed by atoms with Crippen molar-refractivity contribution < 1.29 is 4.79 Å². The molecule has 1 heterocycles. The molecule has 0 saturated heterocycles. The van der Waals surface area contributed by atoms with Crippen LogP contribution in [0.5, 0.6) is 0 Å². The maximum atomic E-state index is 11.9. The first kappa shape index (κ1) is 16.0. The van der Waals surface area contributed by atoms with Crippen LogP contribution in [0.1, 0.15) is 16.8 Å². The number of hydrogen-bond donors (Lipinski definition) is 2. The van der Waals surface area contributed by atoms with Crippen molar-refractivity contribution >= 4 is 43.6 Å². The van der Waals surface area contributed by atoms with Crippen molar-refractivity contribution in [2.24, 2.45) is 0 Å². The van der Waals surface area contributed by atoms with E-state index in [0.717, 1.165) is 27.7 Å². The average Bonchev–Trinajstić information content (AvgIpc) is 2.49. The summed E-state index contributed by atoms with van der Waals surface area (Å²) in [5, 5.41) is 6.10. The van der Waals surface area contributed by atoms with E-state index in [4.69, 9.17) is 0 Å². The van der Waals surface area contributed by atoms with Gasteiger partial charge in [0.1, 0.15) is 5.82 Å². The topological polar surface area (TPSA) is 54.0 Å². The zero-order valence-corrected chi connectivity index (χ0v) is 14.4. The van der Waals surface area contributed by atoms with Crippen molar-refractivity contribution in [1.82, 2.24) is 10.3 Å². The highest BCUT2D eigenvalue weighted by Crippen LogP contribution is 2.11. The number of carbonyl (C=O) groups excluding carboxylic acids is 1. The predicted octanol–water partition coefficient (Wildman–Crippen LogP) is 3.84. The zero-order valence-electron chi connectivity index (χ0n) is 11.3. The minimum Gasteiger partial charge on any atom is -0.370 e. The Morgan fingerprint density at radius 2 is 1.71 bits per heavy atom. The molecular formula is C15H15Br2N3O. The van der Waals surface area contributed by atoms with Crippen molar-refractivity contribution in [1.29, 1.82) is 0 Å². The fraction of sp³-hybridized carbons (Fsp3) is 0.200. The molecule has 0 spiro atoms. The van der Waals surface area contributed by atoms with Crippen LogP contribution >= 0.6 is 31.9 Å². The van der Waals surface area contributed by atoms with E-state index in [-0.39, 0.29) is 5.91 Å². The van der Waals surface area contributed by atoms with Gasteiger partial charge in [-0.15, -0.1) is 0 Å². The number of aromatic nitrogens is 1. The van der Waals surface area contributed by atoms with Gasteiger partial charge >= 0.3 is 0 Å². The highest BCUT2D eigenvalue weighted by molar-refractivity contribution is 9.10. The van der Waals surface area contributed by atoms with Gasteiger partial charge in [0.2, 0.25) is 0 Å². The summed E-state index contributed by atoms with van der Waals surface area (Å²) in [6.45, 7) is 1.38. The molecule has 4 nitrogen and oxygen atoms in total. The largest absolute Gasteiger partial charge is 0.370 e. The number of nitrogens with one attached hydrogen (secondary N) is 2. The third kappa shape index (κ3) is 5.47. The van der Waals surface area contributed by atoms with E-state index in [2.05, 4.69) is 47.5 Å². The van der Waals surface area contributed by atoms with Gasteiger partial charge in [0, 0.05) is 33.8 Å². The molecule has 1 amide bonds. The lowest BCUT2D eigenvalue weighted by Crippen LogP contribution is -2.25. The molecule has 0 aliphatic heterocycles. The number of rotatable bonds is 6. The van der Waals surface area contributed by atoms with Crippen molar-refractivity contribution in [2.75, 3.05) is 18.4 Å². The third-order valence-electron chi connectivity index (χ3n) is 2.78. The number of anilines is 1. The smallest absolute Gasteiger partial charge is 0.251 e. The first-order chi connectivity index (χ1) is 10.1. The third-order valence-corrected chi connectivity index (χ3v) is 3.78. The standard InChI is InChI=1S/C15H15Br2N3O/c16-12-4-2-11(3-5-12)15(21)19-9-1-8-18-14-7-6-13(17)10-20-14/h2-7,10H,1,8-9H2,(H,18,20)(H,19,21). The van der Waals surface area contributed by atoms with Crippen LogP contribution in [0.3, 0.4) is 0 Å². The van der Waals surface area contributed by atoms with Gasteiger partial charge in [-0.3, -0.25) is 4.79 Å². The molecule has 0 atom stereocenters. The van der Waals surface area contributed by atoms with Crippen molar-refractivity contribution in [3.8, 4) is 0 Å². The molecule has 2 rings (SSSR count). The van der Waals surface area contributed by atoms with Gasteiger partial charge in [-0.2, -0.15) is 0 Å². The predicted molar refractivity (Wildman–Crippen MR) is 91.5 cm³/mol. The maximum Gasteiger partial charge on any atom is 0.251 e. The Labute approximate surface area is 140 Å². The van der Waals surface area contributed by atoms with Crippen LogP contribution in [0.25, 0.3) is 0 Å². The van der Waals surface area contributed by atoms with Gasteiger partial charge in [-0.05, 0) is 58.7 Å². The Bertz CT molecular complexity index is 585. The molecular weight excluding hydrogens is 398 g/mol. The van der Waals surface area contributed by atoms with Crippen LogP contribution in [0.4, 0.5) is 5.82 Å². The van der Waals surface area contributed by atoms with Crippen molar-refractivity contribution in [3.63, 3.8) is 0 Å². The van der Waals surface area contributed by atoms with Crippen LogP contribution in [-0.2, 0) is 0 Å². The Morgan fingerprint density at radius 3 is 2.38 bits per heavy atom. The van der Waals surface area contributed by atoms with E-state index in [9.17, 15) is 4.79 Å². The van der Waals surface area contributed by atoms with E-state index in [1.807, 2.05) is 24.3 Å². The van der Waals surface area contributed by atoms with Crippen molar-refractivity contribution in [2.45, 2.75) is 6.42 Å². The van der Waals surface area contributed by atoms with Gasteiger partial charge in [-0.1, -0.05) is 15.9 Å². The Morgan fingerprint density at radius 1 is 1.00 bits per heavy atom. The molecule has 2 N–H and O–H groups in total. The molecule has 0 aliphatic carbocycles. The van der Waals surface area contributed by atoms with Crippen LogP contribution in [0.15, 0.2) is 51.5 Å². The molecule has 110 valence electrons. The number of pyridine rings is 1. The molecule has 0 bridgehead atoms. The van der Waals surface area contributed by atoms with Gasteiger partial charge in [0.25, 0.3) is 5.91 Å². The van der Waals surface area contributed by atoms with E-state index in [1.54, 1.807) is 18.3 Å². The van der Waals surface area contributed by atoms with E-state index >= 15 is 0 Å². The molecule has 2 aromatic rings. The first-order valence-electron chi connectivity index (χ1n) is 6.54. The first-order valence-corrected chi connectivity index (χ1v) is 8.13. The minimum atomic E-state index is -0.0516. The van der Waals surface area contributed by atoms with Crippen molar-refractivity contribution in [3.05, 3.63) is 57.1 Å². The molecule has 6 heteroatoms. The second-order valence-corrected chi connectivity index (χ2v) is 6.24. The summed E-state index contributed by atoms with van der Waals surface area (Å²) >= 11 is 6.69. The summed E-state index contributed by atoms with van der Waals surface area (Å²) in [6, 6.07) is 11.1. The molecule has 0 fully saturated rings. The van der Waals surface area contributed by atoms with E-state index in [1.165, 1.54) is 0 Å². The normalized spacial score (nSPS) is 10.2. The summed E-state index contributed by atoms with van der Waals surface area (Å²) in [5.74, 6) is 0.779. The molecule has 1 aromatic carbocycles.